The lowest BCUT2D eigenvalue weighted by Crippen LogP contribution is -2.37. The second kappa shape index (κ2) is 7.60. The summed E-state index contributed by atoms with van der Waals surface area (Å²) in [6.07, 6.45) is 0.926. The molecule has 0 aromatic heterocycles. The van der Waals surface area contributed by atoms with Crippen molar-refractivity contribution in [1.29, 1.82) is 0 Å². The number of rotatable bonds is 6. The number of fused-ring (bicyclic) bond motifs is 1. The third-order valence-corrected chi connectivity index (χ3v) is 4.34. The number of halogens is 1. The maximum Gasteiger partial charge on any atom is 0.0406 e. The maximum atomic E-state index is 5.94. The van der Waals surface area contributed by atoms with Crippen LogP contribution < -0.4 is 11.1 Å². The molecule has 0 aliphatic rings. The summed E-state index contributed by atoms with van der Waals surface area (Å²) in [5.74, 6) is 0. The topological polar surface area (TPSA) is 38.0 Å². The van der Waals surface area contributed by atoms with Gasteiger partial charge in [-0.3, -0.25) is 0 Å². The molecule has 0 bridgehead atoms. The Morgan fingerprint density at radius 2 is 1.57 bits per heavy atom. The molecular weight excluding hydrogens is 304 g/mol. The Labute approximate surface area is 142 Å². The summed E-state index contributed by atoms with van der Waals surface area (Å²) in [7, 11) is 0. The van der Waals surface area contributed by atoms with E-state index in [2.05, 4.69) is 47.8 Å². The summed E-state index contributed by atoms with van der Waals surface area (Å²) < 4.78 is 0. The first-order chi connectivity index (χ1) is 11.2. The zero-order valence-electron chi connectivity index (χ0n) is 13.0. The molecule has 2 nitrogen and oxygen atoms in total. The van der Waals surface area contributed by atoms with E-state index in [-0.39, 0.29) is 6.04 Å². The van der Waals surface area contributed by atoms with Crippen LogP contribution in [-0.2, 0) is 13.0 Å². The molecule has 1 unspecified atom stereocenters. The minimum atomic E-state index is 0.256. The van der Waals surface area contributed by atoms with Gasteiger partial charge in [0.25, 0.3) is 0 Å². The Hall–Kier alpha value is -1.87. The van der Waals surface area contributed by atoms with Gasteiger partial charge in [-0.15, -0.1) is 0 Å². The predicted molar refractivity (Wildman–Crippen MR) is 98.8 cm³/mol. The van der Waals surface area contributed by atoms with Crippen molar-refractivity contribution in [3.8, 4) is 0 Å². The molecule has 0 amide bonds. The molecule has 3 N–H and O–H groups in total. The predicted octanol–water partition coefficient (Wildman–Crippen LogP) is 4.15. The molecule has 0 saturated heterocycles. The van der Waals surface area contributed by atoms with Crippen molar-refractivity contribution in [1.82, 2.24) is 5.32 Å². The molecule has 0 heterocycles. The summed E-state index contributed by atoms with van der Waals surface area (Å²) in [6.45, 7) is 1.41. The summed E-state index contributed by atoms with van der Waals surface area (Å²) in [5.41, 5.74) is 8.46. The fourth-order valence-electron chi connectivity index (χ4n) is 2.75. The summed E-state index contributed by atoms with van der Waals surface area (Å²) in [5, 5.41) is 6.85. The fourth-order valence-corrected chi connectivity index (χ4v) is 2.88. The minimum absolute atomic E-state index is 0.256. The van der Waals surface area contributed by atoms with Crippen LogP contribution in [0.2, 0.25) is 5.02 Å². The van der Waals surface area contributed by atoms with E-state index in [4.69, 9.17) is 17.3 Å². The number of hydrogen-bond donors (Lipinski definition) is 2. The van der Waals surface area contributed by atoms with Gasteiger partial charge in [-0.1, -0.05) is 66.2 Å². The second-order valence-corrected chi connectivity index (χ2v) is 6.26. The van der Waals surface area contributed by atoms with Crippen LogP contribution in [0.1, 0.15) is 11.1 Å². The van der Waals surface area contributed by atoms with Gasteiger partial charge < -0.3 is 11.1 Å². The first-order valence-corrected chi connectivity index (χ1v) is 8.28. The Morgan fingerprint density at radius 3 is 2.30 bits per heavy atom. The molecule has 3 rings (SSSR count). The van der Waals surface area contributed by atoms with Crippen LogP contribution in [0.4, 0.5) is 0 Å². The SMILES string of the molecule is NCC(Cc1ccc2ccccc2c1)NCc1ccc(Cl)cc1. The highest BCUT2D eigenvalue weighted by atomic mass is 35.5. The van der Waals surface area contributed by atoms with Gasteiger partial charge in [-0.05, 0) is 40.5 Å². The quantitative estimate of drug-likeness (QED) is 0.714. The number of nitrogens with two attached hydrogens (primary N) is 1. The Kier molecular flexibility index (Phi) is 5.29. The molecule has 1 atom stereocenters. The van der Waals surface area contributed by atoms with Crippen LogP contribution in [0.3, 0.4) is 0 Å². The highest BCUT2D eigenvalue weighted by Gasteiger charge is 2.08. The van der Waals surface area contributed by atoms with E-state index in [0.717, 1.165) is 18.0 Å². The monoisotopic (exact) mass is 324 g/mol. The van der Waals surface area contributed by atoms with Crippen LogP contribution in [0, 0.1) is 0 Å². The number of benzene rings is 3. The van der Waals surface area contributed by atoms with E-state index in [9.17, 15) is 0 Å². The zero-order chi connectivity index (χ0) is 16.1. The summed E-state index contributed by atoms with van der Waals surface area (Å²) in [6, 6.07) is 23.2. The Bertz CT molecular complexity index is 768. The van der Waals surface area contributed by atoms with Crippen molar-refractivity contribution >= 4 is 22.4 Å². The van der Waals surface area contributed by atoms with E-state index in [0.29, 0.717) is 6.54 Å². The van der Waals surface area contributed by atoms with Crippen molar-refractivity contribution in [3.05, 3.63) is 82.9 Å². The fraction of sp³-hybridized carbons (Fsp3) is 0.200. The first-order valence-electron chi connectivity index (χ1n) is 7.90. The van der Waals surface area contributed by atoms with Crippen molar-refractivity contribution < 1.29 is 0 Å². The molecule has 23 heavy (non-hydrogen) atoms. The first kappa shape index (κ1) is 16.0. The van der Waals surface area contributed by atoms with Crippen molar-refractivity contribution in [2.24, 2.45) is 5.73 Å². The van der Waals surface area contributed by atoms with Crippen molar-refractivity contribution in [2.45, 2.75) is 19.0 Å². The number of nitrogens with one attached hydrogen (secondary N) is 1. The van der Waals surface area contributed by atoms with Gasteiger partial charge >= 0.3 is 0 Å². The van der Waals surface area contributed by atoms with E-state index >= 15 is 0 Å². The van der Waals surface area contributed by atoms with Gasteiger partial charge in [0.2, 0.25) is 0 Å². The molecule has 0 spiro atoms. The molecule has 0 aliphatic carbocycles. The van der Waals surface area contributed by atoms with Crippen molar-refractivity contribution in [3.63, 3.8) is 0 Å². The molecule has 0 fully saturated rings. The largest absolute Gasteiger partial charge is 0.329 e. The van der Waals surface area contributed by atoms with E-state index < -0.39 is 0 Å². The van der Waals surface area contributed by atoms with Gasteiger partial charge in [-0.2, -0.15) is 0 Å². The second-order valence-electron chi connectivity index (χ2n) is 5.83. The van der Waals surface area contributed by atoms with Crippen LogP contribution in [0.25, 0.3) is 10.8 Å². The standard InChI is InChI=1S/C20H21ClN2/c21-19-9-6-15(7-10-19)14-23-20(13-22)12-16-5-8-17-3-1-2-4-18(17)11-16/h1-11,20,23H,12-14,22H2. The lowest BCUT2D eigenvalue weighted by atomic mass is 10.0. The van der Waals surface area contributed by atoms with Crippen LogP contribution in [-0.4, -0.2) is 12.6 Å². The average Bonchev–Trinajstić information content (AvgIpc) is 2.60. The van der Waals surface area contributed by atoms with Crippen LogP contribution in [0.15, 0.2) is 66.7 Å². The lowest BCUT2D eigenvalue weighted by Gasteiger charge is -2.17. The molecular formula is C20H21ClN2. The molecule has 0 aliphatic heterocycles. The van der Waals surface area contributed by atoms with E-state index in [1.165, 1.54) is 21.9 Å². The lowest BCUT2D eigenvalue weighted by molar-refractivity contribution is 0.516. The van der Waals surface area contributed by atoms with Gasteiger partial charge in [-0.25, -0.2) is 0 Å². The molecule has 3 heteroatoms. The van der Waals surface area contributed by atoms with E-state index in [1.54, 1.807) is 0 Å². The third-order valence-electron chi connectivity index (χ3n) is 4.09. The molecule has 3 aromatic carbocycles. The normalized spacial score (nSPS) is 12.4. The minimum Gasteiger partial charge on any atom is -0.329 e. The third kappa shape index (κ3) is 4.32. The van der Waals surface area contributed by atoms with E-state index in [1.807, 2.05) is 24.3 Å². The average molecular weight is 325 g/mol. The van der Waals surface area contributed by atoms with Gasteiger partial charge in [0.15, 0.2) is 0 Å². The van der Waals surface area contributed by atoms with Gasteiger partial charge in [0.1, 0.15) is 0 Å². The summed E-state index contributed by atoms with van der Waals surface area (Å²) >= 11 is 5.92. The van der Waals surface area contributed by atoms with Crippen LogP contribution >= 0.6 is 11.6 Å². The Balaban J connectivity index is 1.64. The highest BCUT2D eigenvalue weighted by molar-refractivity contribution is 6.30. The Morgan fingerprint density at radius 1 is 0.870 bits per heavy atom. The number of hydrogen-bond acceptors (Lipinski definition) is 2. The molecule has 0 radical (unpaired) electrons. The van der Waals surface area contributed by atoms with Gasteiger partial charge in [0.05, 0.1) is 0 Å². The molecule has 3 aromatic rings. The van der Waals surface area contributed by atoms with Crippen molar-refractivity contribution in [2.75, 3.05) is 6.54 Å². The molecule has 118 valence electrons. The highest BCUT2D eigenvalue weighted by Crippen LogP contribution is 2.17. The summed E-state index contributed by atoms with van der Waals surface area (Å²) in [4.78, 5) is 0. The van der Waals surface area contributed by atoms with Crippen LogP contribution in [0.5, 0.6) is 0 Å². The zero-order valence-corrected chi connectivity index (χ0v) is 13.8. The smallest absolute Gasteiger partial charge is 0.0406 e. The molecule has 0 saturated carbocycles. The maximum absolute atomic E-state index is 5.94. The van der Waals surface area contributed by atoms with Gasteiger partial charge in [0, 0.05) is 24.2 Å².